The summed E-state index contributed by atoms with van der Waals surface area (Å²) in [7, 11) is 0. The molecular formula is C12H16N2O2. The molecule has 4 heteroatoms. The van der Waals surface area contributed by atoms with Crippen molar-refractivity contribution in [2.45, 2.75) is 31.9 Å². The summed E-state index contributed by atoms with van der Waals surface area (Å²) in [5.74, 6) is 0.00369. The van der Waals surface area contributed by atoms with Crippen LogP contribution in [0.3, 0.4) is 0 Å². The van der Waals surface area contributed by atoms with Gasteiger partial charge in [-0.3, -0.25) is 4.79 Å². The van der Waals surface area contributed by atoms with E-state index in [0.717, 1.165) is 16.8 Å². The predicted molar refractivity (Wildman–Crippen MR) is 62.0 cm³/mol. The number of aliphatic hydroxyl groups is 1. The number of carbonyl (C=O) groups is 1. The lowest BCUT2D eigenvalue weighted by Crippen LogP contribution is -2.35. The maximum Gasteiger partial charge on any atom is 0.228 e. The van der Waals surface area contributed by atoms with Crippen LogP contribution in [-0.4, -0.2) is 16.6 Å². The first-order valence-corrected chi connectivity index (χ1v) is 5.28. The normalized spacial score (nSPS) is 16.9. The lowest BCUT2D eigenvalue weighted by Gasteiger charge is -2.26. The number of nitrogens with one attached hydrogen (secondary N) is 1. The van der Waals surface area contributed by atoms with Gasteiger partial charge in [0.2, 0.25) is 5.91 Å². The van der Waals surface area contributed by atoms with Crippen molar-refractivity contribution in [2.24, 2.45) is 5.73 Å². The van der Waals surface area contributed by atoms with Gasteiger partial charge in [0.1, 0.15) is 0 Å². The Hall–Kier alpha value is -1.39. The molecule has 86 valence electrons. The molecule has 16 heavy (non-hydrogen) atoms. The first-order valence-electron chi connectivity index (χ1n) is 5.28. The molecule has 1 heterocycles. The van der Waals surface area contributed by atoms with Gasteiger partial charge in [-0.1, -0.05) is 12.1 Å². The minimum atomic E-state index is -0.968. The Morgan fingerprint density at radius 1 is 1.50 bits per heavy atom. The van der Waals surface area contributed by atoms with E-state index < -0.39 is 11.6 Å². The van der Waals surface area contributed by atoms with Crippen LogP contribution in [0.1, 0.15) is 31.0 Å². The molecule has 0 spiro atoms. The molecule has 1 aromatic rings. The highest BCUT2D eigenvalue weighted by atomic mass is 16.3. The zero-order valence-electron chi connectivity index (χ0n) is 9.45. The maximum absolute atomic E-state index is 11.2. The smallest absolute Gasteiger partial charge is 0.228 e. The highest BCUT2D eigenvalue weighted by Gasteiger charge is 2.26. The van der Waals surface area contributed by atoms with Gasteiger partial charge in [-0.05, 0) is 31.0 Å². The maximum atomic E-state index is 11.2. The minimum Gasteiger partial charge on any atom is -0.388 e. The molecule has 0 bridgehead atoms. The Bertz CT molecular complexity index is 435. The van der Waals surface area contributed by atoms with E-state index >= 15 is 0 Å². The van der Waals surface area contributed by atoms with E-state index in [2.05, 4.69) is 5.32 Å². The van der Waals surface area contributed by atoms with E-state index in [1.165, 1.54) is 0 Å². The van der Waals surface area contributed by atoms with Crippen LogP contribution in [0.25, 0.3) is 0 Å². The number of amides is 1. The summed E-state index contributed by atoms with van der Waals surface area (Å²) in [5, 5.41) is 12.6. The van der Waals surface area contributed by atoms with Crippen molar-refractivity contribution in [2.75, 3.05) is 5.32 Å². The van der Waals surface area contributed by atoms with Crippen LogP contribution in [0.5, 0.6) is 0 Å². The Kier molecular flexibility index (Phi) is 2.48. The molecule has 1 aromatic carbocycles. The molecule has 1 amide bonds. The zero-order valence-corrected chi connectivity index (χ0v) is 9.45. The number of nitrogens with two attached hydrogens (primary N) is 1. The van der Waals surface area contributed by atoms with E-state index in [0.29, 0.717) is 6.42 Å². The summed E-state index contributed by atoms with van der Waals surface area (Å²) in [5.41, 5.74) is 7.62. The van der Waals surface area contributed by atoms with Crippen LogP contribution in [0.4, 0.5) is 5.69 Å². The lowest BCUT2D eigenvalue weighted by molar-refractivity contribution is -0.115. The predicted octanol–water partition coefficient (Wildman–Crippen LogP) is 0.952. The van der Waals surface area contributed by atoms with Crippen molar-refractivity contribution in [1.82, 2.24) is 0 Å². The number of anilines is 1. The second-order valence-electron chi connectivity index (χ2n) is 4.77. The number of rotatable bonds is 2. The number of hydrogen-bond donors (Lipinski definition) is 3. The summed E-state index contributed by atoms with van der Waals surface area (Å²) in [6.07, 6.45) is 0.391. The van der Waals surface area contributed by atoms with Gasteiger partial charge in [-0.25, -0.2) is 0 Å². The van der Waals surface area contributed by atoms with Crippen LogP contribution in [-0.2, 0) is 11.2 Å². The molecule has 0 saturated heterocycles. The topological polar surface area (TPSA) is 75.3 Å². The molecule has 1 atom stereocenters. The summed E-state index contributed by atoms with van der Waals surface area (Å²) in [6.45, 7) is 3.35. The van der Waals surface area contributed by atoms with Gasteiger partial charge in [0.05, 0.1) is 18.1 Å². The van der Waals surface area contributed by atoms with Crippen molar-refractivity contribution in [3.63, 3.8) is 0 Å². The van der Waals surface area contributed by atoms with Crippen LogP contribution < -0.4 is 11.1 Å². The van der Waals surface area contributed by atoms with Gasteiger partial charge in [-0.2, -0.15) is 0 Å². The fourth-order valence-corrected chi connectivity index (χ4v) is 1.85. The highest BCUT2D eigenvalue weighted by molar-refractivity contribution is 5.99. The van der Waals surface area contributed by atoms with Crippen molar-refractivity contribution >= 4 is 11.6 Å². The molecular weight excluding hydrogens is 204 g/mol. The van der Waals surface area contributed by atoms with Crippen LogP contribution in [0.15, 0.2) is 18.2 Å². The third kappa shape index (κ3) is 1.94. The summed E-state index contributed by atoms with van der Waals surface area (Å²) >= 11 is 0. The second kappa shape index (κ2) is 3.57. The Morgan fingerprint density at radius 3 is 2.81 bits per heavy atom. The summed E-state index contributed by atoms with van der Waals surface area (Å²) in [4.78, 5) is 11.2. The first kappa shape index (κ1) is 11.1. The van der Waals surface area contributed by atoms with Crippen LogP contribution in [0.2, 0.25) is 0 Å². The average molecular weight is 220 g/mol. The quantitative estimate of drug-likeness (QED) is 0.694. The molecule has 0 aromatic heterocycles. The monoisotopic (exact) mass is 220 g/mol. The van der Waals surface area contributed by atoms with E-state index in [1.807, 2.05) is 18.2 Å². The highest BCUT2D eigenvalue weighted by Crippen LogP contribution is 2.29. The van der Waals surface area contributed by atoms with E-state index in [1.54, 1.807) is 13.8 Å². The van der Waals surface area contributed by atoms with Gasteiger partial charge in [0.15, 0.2) is 0 Å². The summed E-state index contributed by atoms with van der Waals surface area (Å²) in [6, 6.07) is 5.11. The SMILES string of the molecule is CC(C)(O)C(N)c1ccc2c(c1)CC(=O)N2. The molecule has 1 aliphatic rings. The standard InChI is InChI=1S/C12H16N2O2/c1-12(2,16)11(13)7-3-4-9-8(5-7)6-10(15)14-9/h3-5,11,16H,6,13H2,1-2H3,(H,14,15). The van der Waals surface area contributed by atoms with E-state index in [-0.39, 0.29) is 5.91 Å². The molecule has 0 fully saturated rings. The van der Waals surface area contributed by atoms with Gasteiger partial charge in [0, 0.05) is 5.69 Å². The Morgan fingerprint density at radius 2 is 2.19 bits per heavy atom. The number of benzene rings is 1. The molecule has 4 nitrogen and oxygen atoms in total. The number of hydrogen-bond acceptors (Lipinski definition) is 3. The molecule has 0 aliphatic carbocycles. The minimum absolute atomic E-state index is 0.00369. The fraction of sp³-hybridized carbons (Fsp3) is 0.417. The van der Waals surface area contributed by atoms with Crippen molar-refractivity contribution < 1.29 is 9.90 Å². The van der Waals surface area contributed by atoms with Crippen LogP contribution in [0, 0.1) is 0 Å². The third-order valence-corrected chi connectivity index (χ3v) is 2.87. The molecule has 2 rings (SSSR count). The van der Waals surface area contributed by atoms with Gasteiger partial charge in [0.25, 0.3) is 0 Å². The molecule has 0 radical (unpaired) electrons. The van der Waals surface area contributed by atoms with Crippen molar-refractivity contribution in [3.8, 4) is 0 Å². The van der Waals surface area contributed by atoms with Crippen molar-refractivity contribution in [3.05, 3.63) is 29.3 Å². The van der Waals surface area contributed by atoms with E-state index in [9.17, 15) is 9.90 Å². The zero-order chi connectivity index (χ0) is 11.9. The number of fused-ring (bicyclic) bond motifs is 1. The average Bonchev–Trinajstić information content (AvgIpc) is 2.54. The molecule has 0 saturated carbocycles. The second-order valence-corrected chi connectivity index (χ2v) is 4.77. The van der Waals surface area contributed by atoms with Crippen molar-refractivity contribution in [1.29, 1.82) is 0 Å². The molecule has 1 aliphatic heterocycles. The van der Waals surface area contributed by atoms with Crippen LogP contribution >= 0.6 is 0 Å². The fourth-order valence-electron chi connectivity index (χ4n) is 1.85. The Labute approximate surface area is 94.5 Å². The molecule has 4 N–H and O–H groups in total. The largest absolute Gasteiger partial charge is 0.388 e. The Balaban J connectivity index is 2.33. The first-order chi connectivity index (χ1) is 7.38. The van der Waals surface area contributed by atoms with Gasteiger partial charge in [-0.15, -0.1) is 0 Å². The third-order valence-electron chi connectivity index (χ3n) is 2.87. The molecule has 1 unspecified atom stereocenters. The lowest BCUT2D eigenvalue weighted by atomic mass is 9.91. The van der Waals surface area contributed by atoms with Gasteiger partial charge < -0.3 is 16.2 Å². The number of carbonyl (C=O) groups excluding carboxylic acids is 1. The van der Waals surface area contributed by atoms with E-state index in [4.69, 9.17) is 5.73 Å². The summed E-state index contributed by atoms with van der Waals surface area (Å²) < 4.78 is 0. The van der Waals surface area contributed by atoms with Gasteiger partial charge >= 0.3 is 0 Å².